The lowest BCUT2D eigenvalue weighted by Crippen LogP contribution is -2.36. The largest absolute Gasteiger partial charge is 0.331 e. The standard InChI is InChI=1S/C19H22N4OS/c1-3-17(23-11-7-10-21-23)19(24)22(12-16-8-5-4-6-9-16)13-18-15(2)20-14-25-18/h4-11,14,17H,3,12-13H2,1-2H3/t17-/m0/s1. The van der Waals surface area contributed by atoms with E-state index in [1.165, 1.54) is 0 Å². The van der Waals surface area contributed by atoms with E-state index in [1.54, 1.807) is 22.2 Å². The first-order valence-corrected chi connectivity index (χ1v) is 9.27. The normalized spacial score (nSPS) is 12.1. The zero-order valence-corrected chi connectivity index (χ0v) is 15.3. The molecular formula is C19H22N4OS. The lowest BCUT2D eigenvalue weighted by atomic mass is 10.1. The van der Waals surface area contributed by atoms with Crippen LogP contribution in [0, 0.1) is 6.92 Å². The summed E-state index contributed by atoms with van der Waals surface area (Å²) in [4.78, 5) is 20.6. The molecule has 0 aliphatic heterocycles. The van der Waals surface area contributed by atoms with Crippen LogP contribution in [0.3, 0.4) is 0 Å². The molecule has 0 unspecified atom stereocenters. The lowest BCUT2D eigenvalue weighted by Gasteiger charge is -2.27. The number of nitrogens with zero attached hydrogens (tertiary/aromatic N) is 4. The van der Waals surface area contributed by atoms with Crippen LogP contribution in [0.5, 0.6) is 0 Å². The summed E-state index contributed by atoms with van der Waals surface area (Å²) in [6.07, 6.45) is 4.27. The number of aromatic nitrogens is 3. The summed E-state index contributed by atoms with van der Waals surface area (Å²) < 4.78 is 1.75. The maximum absolute atomic E-state index is 13.3. The number of carbonyl (C=O) groups is 1. The molecule has 0 spiro atoms. The first kappa shape index (κ1) is 17.4. The number of carbonyl (C=O) groups excluding carboxylic acids is 1. The maximum atomic E-state index is 13.3. The predicted octanol–water partition coefficient (Wildman–Crippen LogP) is 3.83. The molecule has 0 saturated carbocycles. The van der Waals surface area contributed by atoms with Crippen LogP contribution in [0.4, 0.5) is 0 Å². The van der Waals surface area contributed by atoms with Crippen molar-refractivity contribution in [3.8, 4) is 0 Å². The van der Waals surface area contributed by atoms with Crippen LogP contribution in [-0.2, 0) is 17.9 Å². The van der Waals surface area contributed by atoms with E-state index in [0.717, 1.165) is 16.1 Å². The van der Waals surface area contributed by atoms with Crippen LogP contribution in [0.1, 0.15) is 35.5 Å². The van der Waals surface area contributed by atoms with Gasteiger partial charge < -0.3 is 4.90 Å². The van der Waals surface area contributed by atoms with Crippen LogP contribution in [0.25, 0.3) is 0 Å². The number of hydrogen-bond acceptors (Lipinski definition) is 4. The summed E-state index contributed by atoms with van der Waals surface area (Å²) in [6, 6.07) is 11.7. The van der Waals surface area contributed by atoms with Gasteiger partial charge in [0.15, 0.2) is 0 Å². The Hall–Kier alpha value is -2.47. The van der Waals surface area contributed by atoms with E-state index in [2.05, 4.69) is 22.2 Å². The van der Waals surface area contributed by atoms with Crippen molar-refractivity contribution >= 4 is 17.2 Å². The summed E-state index contributed by atoms with van der Waals surface area (Å²) in [5.41, 5.74) is 3.94. The van der Waals surface area contributed by atoms with Crippen LogP contribution in [0.2, 0.25) is 0 Å². The summed E-state index contributed by atoms with van der Waals surface area (Å²) >= 11 is 1.60. The van der Waals surface area contributed by atoms with Gasteiger partial charge in [-0.25, -0.2) is 4.98 Å². The van der Waals surface area contributed by atoms with Crippen molar-refractivity contribution in [3.05, 3.63) is 70.4 Å². The Morgan fingerprint density at radius 2 is 2.04 bits per heavy atom. The van der Waals surface area contributed by atoms with Crippen molar-refractivity contribution in [3.63, 3.8) is 0 Å². The molecule has 1 amide bonds. The van der Waals surface area contributed by atoms with Crippen molar-refractivity contribution in [1.29, 1.82) is 0 Å². The Morgan fingerprint density at radius 3 is 2.64 bits per heavy atom. The molecule has 0 radical (unpaired) electrons. The Kier molecular flexibility index (Phi) is 5.60. The molecule has 3 aromatic rings. The second-order valence-electron chi connectivity index (χ2n) is 5.95. The quantitative estimate of drug-likeness (QED) is 0.648. The maximum Gasteiger partial charge on any atom is 0.248 e. The molecule has 0 N–H and O–H groups in total. The van der Waals surface area contributed by atoms with Crippen LogP contribution < -0.4 is 0 Å². The van der Waals surface area contributed by atoms with Crippen molar-refractivity contribution < 1.29 is 4.79 Å². The van der Waals surface area contributed by atoms with Gasteiger partial charge in [0.25, 0.3) is 0 Å². The topological polar surface area (TPSA) is 51.0 Å². The monoisotopic (exact) mass is 354 g/mol. The third-order valence-corrected chi connectivity index (χ3v) is 5.14. The van der Waals surface area contributed by atoms with Crippen molar-refractivity contribution in [2.75, 3.05) is 0 Å². The fourth-order valence-corrected chi connectivity index (χ4v) is 3.61. The predicted molar refractivity (Wildman–Crippen MR) is 99.1 cm³/mol. The van der Waals surface area contributed by atoms with Gasteiger partial charge in [-0.1, -0.05) is 37.3 Å². The Morgan fingerprint density at radius 1 is 1.24 bits per heavy atom. The van der Waals surface area contributed by atoms with E-state index in [-0.39, 0.29) is 11.9 Å². The summed E-state index contributed by atoms with van der Waals surface area (Å²) in [5.74, 6) is 0.0860. The van der Waals surface area contributed by atoms with E-state index in [0.29, 0.717) is 19.5 Å². The summed E-state index contributed by atoms with van der Waals surface area (Å²) in [5, 5.41) is 4.27. The SMILES string of the molecule is CC[C@@H](C(=O)N(Cc1ccccc1)Cc1scnc1C)n1cccn1. The molecule has 25 heavy (non-hydrogen) atoms. The average Bonchev–Trinajstić information content (AvgIpc) is 3.28. The lowest BCUT2D eigenvalue weighted by molar-refractivity contribution is -0.136. The van der Waals surface area contributed by atoms with E-state index < -0.39 is 0 Å². The minimum absolute atomic E-state index is 0.0860. The molecule has 130 valence electrons. The molecule has 6 heteroatoms. The van der Waals surface area contributed by atoms with Gasteiger partial charge in [-0.3, -0.25) is 9.48 Å². The first-order valence-electron chi connectivity index (χ1n) is 8.39. The van der Waals surface area contributed by atoms with Crippen molar-refractivity contribution in [2.45, 2.75) is 39.4 Å². The van der Waals surface area contributed by atoms with E-state index in [1.807, 2.05) is 54.7 Å². The molecule has 1 aromatic carbocycles. The minimum Gasteiger partial charge on any atom is -0.331 e. The van der Waals surface area contributed by atoms with Crippen molar-refractivity contribution in [2.24, 2.45) is 0 Å². The number of benzene rings is 1. The first-order chi connectivity index (χ1) is 12.2. The number of hydrogen-bond donors (Lipinski definition) is 0. The van der Waals surface area contributed by atoms with Crippen LogP contribution in [-0.4, -0.2) is 25.6 Å². The molecule has 2 heterocycles. The second kappa shape index (κ2) is 8.07. The van der Waals surface area contributed by atoms with Gasteiger partial charge >= 0.3 is 0 Å². The fraction of sp³-hybridized carbons (Fsp3) is 0.316. The van der Waals surface area contributed by atoms with Gasteiger partial charge in [-0.2, -0.15) is 5.10 Å². The summed E-state index contributed by atoms with van der Waals surface area (Å²) in [7, 11) is 0. The van der Waals surface area contributed by atoms with Gasteiger partial charge in [0.05, 0.1) is 17.7 Å². The summed E-state index contributed by atoms with van der Waals surface area (Å²) in [6.45, 7) is 5.15. The molecule has 0 saturated heterocycles. The molecule has 1 atom stereocenters. The van der Waals surface area contributed by atoms with Gasteiger partial charge in [0.1, 0.15) is 6.04 Å². The van der Waals surface area contributed by atoms with E-state index in [4.69, 9.17) is 0 Å². The molecule has 3 rings (SSSR count). The molecule has 5 nitrogen and oxygen atoms in total. The highest BCUT2D eigenvalue weighted by Gasteiger charge is 2.26. The van der Waals surface area contributed by atoms with Gasteiger partial charge in [0, 0.05) is 23.8 Å². The van der Waals surface area contributed by atoms with Gasteiger partial charge in [-0.15, -0.1) is 11.3 Å². The molecule has 0 aliphatic rings. The molecule has 2 aromatic heterocycles. The molecule has 0 aliphatic carbocycles. The van der Waals surface area contributed by atoms with Crippen LogP contribution in [0.15, 0.2) is 54.3 Å². The number of rotatable bonds is 7. The Bertz CT molecular complexity index is 798. The highest BCUT2D eigenvalue weighted by atomic mass is 32.1. The van der Waals surface area contributed by atoms with Crippen molar-refractivity contribution in [1.82, 2.24) is 19.7 Å². The highest BCUT2D eigenvalue weighted by Crippen LogP contribution is 2.21. The fourth-order valence-electron chi connectivity index (χ4n) is 2.82. The second-order valence-corrected chi connectivity index (χ2v) is 6.89. The number of amides is 1. The molecule has 0 fully saturated rings. The smallest absolute Gasteiger partial charge is 0.248 e. The Balaban J connectivity index is 1.86. The highest BCUT2D eigenvalue weighted by molar-refractivity contribution is 7.09. The molecule has 0 bridgehead atoms. The van der Waals surface area contributed by atoms with Gasteiger partial charge in [-0.05, 0) is 25.0 Å². The number of aryl methyl sites for hydroxylation is 1. The average molecular weight is 354 g/mol. The molecular weight excluding hydrogens is 332 g/mol. The van der Waals surface area contributed by atoms with E-state index >= 15 is 0 Å². The van der Waals surface area contributed by atoms with Gasteiger partial charge in [0.2, 0.25) is 5.91 Å². The Labute approximate surface area is 151 Å². The number of thiazole rings is 1. The van der Waals surface area contributed by atoms with E-state index in [9.17, 15) is 4.79 Å². The zero-order valence-electron chi connectivity index (χ0n) is 14.5. The minimum atomic E-state index is -0.285. The van der Waals surface area contributed by atoms with Crippen LogP contribution >= 0.6 is 11.3 Å². The third kappa shape index (κ3) is 4.14. The zero-order chi connectivity index (χ0) is 17.6. The third-order valence-electron chi connectivity index (χ3n) is 4.22.